The highest BCUT2D eigenvalue weighted by atomic mass is 32.2. The predicted octanol–water partition coefficient (Wildman–Crippen LogP) is 1.56. The van der Waals surface area contributed by atoms with Gasteiger partial charge in [-0.15, -0.1) is 0 Å². The molecule has 1 aliphatic heterocycles. The van der Waals surface area contributed by atoms with Crippen molar-refractivity contribution in [3.8, 4) is 5.75 Å². The Bertz CT molecular complexity index is 1420. The van der Waals surface area contributed by atoms with Gasteiger partial charge in [-0.1, -0.05) is 0 Å². The van der Waals surface area contributed by atoms with E-state index in [4.69, 9.17) is 0 Å². The van der Waals surface area contributed by atoms with Crippen LogP contribution in [0, 0.1) is 5.82 Å². The Morgan fingerprint density at radius 3 is 2.36 bits per heavy atom. The molecule has 39 heavy (non-hydrogen) atoms. The lowest BCUT2D eigenvalue weighted by Gasteiger charge is -2.34. The van der Waals surface area contributed by atoms with Gasteiger partial charge >= 0.3 is 5.97 Å². The second-order valence-corrected chi connectivity index (χ2v) is 10.6. The SMILES string of the molecule is O=C(NC[C@H](NS(=O)(=O)c1ccc(O)cc1)C(=O)O)c1ccc(N2CCC(Nc3ncccn3)CC2)c(F)c1. The molecule has 206 valence electrons. The highest BCUT2D eigenvalue weighted by molar-refractivity contribution is 7.89. The summed E-state index contributed by atoms with van der Waals surface area (Å²) in [5, 5.41) is 24.4. The summed E-state index contributed by atoms with van der Waals surface area (Å²) in [4.78, 5) is 34.1. The Morgan fingerprint density at radius 1 is 1.08 bits per heavy atom. The molecule has 1 amide bonds. The zero-order valence-electron chi connectivity index (χ0n) is 20.6. The van der Waals surface area contributed by atoms with Crippen LogP contribution >= 0.6 is 0 Å². The van der Waals surface area contributed by atoms with Gasteiger partial charge in [-0.2, -0.15) is 4.72 Å². The monoisotopic (exact) mass is 558 g/mol. The first-order valence-corrected chi connectivity index (χ1v) is 13.5. The third-order valence-electron chi connectivity index (χ3n) is 6.15. The van der Waals surface area contributed by atoms with E-state index < -0.39 is 40.3 Å². The molecule has 2 heterocycles. The second kappa shape index (κ2) is 12.0. The summed E-state index contributed by atoms with van der Waals surface area (Å²) in [6.45, 7) is 0.573. The maximum Gasteiger partial charge on any atom is 0.323 e. The second-order valence-electron chi connectivity index (χ2n) is 8.86. The molecule has 12 nitrogen and oxygen atoms in total. The van der Waals surface area contributed by atoms with E-state index in [1.54, 1.807) is 18.5 Å². The number of amides is 1. The maximum atomic E-state index is 14.9. The van der Waals surface area contributed by atoms with E-state index in [2.05, 4.69) is 20.6 Å². The molecule has 0 spiro atoms. The first kappa shape index (κ1) is 27.7. The van der Waals surface area contributed by atoms with Crippen molar-refractivity contribution in [1.82, 2.24) is 20.0 Å². The lowest BCUT2D eigenvalue weighted by Crippen LogP contribution is -2.48. The Kier molecular flexibility index (Phi) is 8.56. The number of hydrogen-bond acceptors (Lipinski definition) is 9. The van der Waals surface area contributed by atoms with Crippen molar-refractivity contribution in [3.63, 3.8) is 0 Å². The largest absolute Gasteiger partial charge is 0.508 e. The van der Waals surface area contributed by atoms with E-state index in [9.17, 15) is 32.6 Å². The number of sulfonamides is 1. The van der Waals surface area contributed by atoms with Crippen molar-refractivity contribution in [2.24, 2.45) is 0 Å². The van der Waals surface area contributed by atoms with Crippen LogP contribution in [0.4, 0.5) is 16.0 Å². The van der Waals surface area contributed by atoms with Gasteiger partial charge in [0.2, 0.25) is 16.0 Å². The van der Waals surface area contributed by atoms with Gasteiger partial charge in [0.1, 0.15) is 17.6 Å². The number of nitrogens with zero attached hydrogens (tertiary/aromatic N) is 3. The summed E-state index contributed by atoms with van der Waals surface area (Å²) in [6.07, 6.45) is 4.76. The van der Waals surface area contributed by atoms with E-state index in [1.807, 2.05) is 9.62 Å². The molecule has 2 aromatic carbocycles. The van der Waals surface area contributed by atoms with Crippen LogP contribution in [-0.4, -0.2) is 72.2 Å². The lowest BCUT2D eigenvalue weighted by atomic mass is 10.0. The van der Waals surface area contributed by atoms with Crippen LogP contribution in [0.5, 0.6) is 5.75 Å². The lowest BCUT2D eigenvalue weighted by molar-refractivity contribution is -0.138. The molecule has 4 rings (SSSR count). The fraction of sp³-hybridized carbons (Fsp3) is 0.280. The highest BCUT2D eigenvalue weighted by Crippen LogP contribution is 2.25. The van der Waals surface area contributed by atoms with Crippen molar-refractivity contribution in [3.05, 3.63) is 72.3 Å². The number of phenolic OH excluding ortho intramolecular Hbond substituents is 1. The van der Waals surface area contributed by atoms with Crippen LogP contribution in [0.3, 0.4) is 0 Å². The zero-order chi connectivity index (χ0) is 28.0. The summed E-state index contributed by atoms with van der Waals surface area (Å²) in [6, 6.07) is 8.65. The fourth-order valence-corrected chi connectivity index (χ4v) is 5.27. The van der Waals surface area contributed by atoms with Crippen LogP contribution in [0.25, 0.3) is 0 Å². The predicted molar refractivity (Wildman–Crippen MR) is 139 cm³/mol. The van der Waals surface area contributed by atoms with E-state index in [-0.39, 0.29) is 22.3 Å². The average Bonchev–Trinajstić information content (AvgIpc) is 2.92. The Morgan fingerprint density at radius 2 is 1.74 bits per heavy atom. The standard InChI is InChI=1S/C25H27FN6O6S/c26-20-14-16(2-7-22(20)32-12-8-17(9-13-32)30-25-27-10-1-11-28-25)23(34)29-15-21(24(35)36)31-39(37,38)19-5-3-18(33)4-6-19/h1-7,10-11,14,17,21,31,33H,8-9,12-13,15H2,(H,29,34)(H,35,36)(H,27,28,30)/t21-/m0/s1. The molecule has 0 saturated carbocycles. The molecule has 1 saturated heterocycles. The minimum absolute atomic E-state index is 0.0421. The van der Waals surface area contributed by atoms with Crippen molar-refractivity contribution < 1.29 is 32.6 Å². The van der Waals surface area contributed by atoms with Gasteiger partial charge < -0.3 is 25.7 Å². The summed E-state index contributed by atoms with van der Waals surface area (Å²) in [7, 11) is -4.25. The molecular weight excluding hydrogens is 531 g/mol. The van der Waals surface area contributed by atoms with Crippen molar-refractivity contribution >= 4 is 33.5 Å². The van der Waals surface area contributed by atoms with Crippen LogP contribution < -0.4 is 20.3 Å². The summed E-state index contributed by atoms with van der Waals surface area (Å²) < 4.78 is 41.9. The van der Waals surface area contributed by atoms with Crippen LogP contribution in [-0.2, 0) is 14.8 Å². The van der Waals surface area contributed by atoms with E-state index in [0.29, 0.717) is 24.7 Å². The maximum absolute atomic E-state index is 14.9. The Hall–Kier alpha value is -4.30. The molecule has 5 N–H and O–H groups in total. The van der Waals surface area contributed by atoms with Gasteiger partial charge in [0.25, 0.3) is 5.91 Å². The topological polar surface area (TPSA) is 174 Å². The molecule has 1 atom stereocenters. The Balaban J connectivity index is 1.33. The van der Waals surface area contributed by atoms with Gasteiger partial charge in [-0.3, -0.25) is 9.59 Å². The third kappa shape index (κ3) is 7.18. The normalized spacial score (nSPS) is 14.9. The van der Waals surface area contributed by atoms with Gasteiger partial charge in [0, 0.05) is 43.6 Å². The fourth-order valence-electron chi connectivity index (χ4n) is 4.08. The van der Waals surface area contributed by atoms with E-state index in [1.165, 1.54) is 12.1 Å². The van der Waals surface area contributed by atoms with E-state index >= 15 is 0 Å². The summed E-state index contributed by atoms with van der Waals surface area (Å²) in [5.74, 6) is -2.51. The average molecular weight is 559 g/mol. The molecule has 1 aliphatic rings. The molecule has 1 aromatic heterocycles. The summed E-state index contributed by atoms with van der Waals surface area (Å²) >= 11 is 0. The number of aromatic hydroxyl groups is 1. The number of carbonyl (C=O) groups excluding carboxylic acids is 1. The number of carbonyl (C=O) groups is 2. The first-order chi connectivity index (χ1) is 18.6. The summed E-state index contributed by atoms with van der Waals surface area (Å²) in [5.41, 5.74) is 0.297. The molecular formula is C25H27FN6O6S. The number of hydrogen-bond donors (Lipinski definition) is 5. The van der Waals surface area contributed by atoms with Crippen LogP contribution in [0.1, 0.15) is 23.2 Å². The number of benzene rings is 2. The minimum Gasteiger partial charge on any atom is -0.508 e. The molecule has 14 heteroatoms. The number of piperidine rings is 1. The molecule has 0 radical (unpaired) electrons. The van der Waals surface area contributed by atoms with Crippen LogP contribution in [0.15, 0.2) is 65.8 Å². The number of nitrogens with one attached hydrogen (secondary N) is 3. The van der Waals surface area contributed by atoms with Crippen molar-refractivity contribution in [1.29, 1.82) is 0 Å². The smallest absolute Gasteiger partial charge is 0.323 e. The molecule has 0 unspecified atom stereocenters. The zero-order valence-corrected chi connectivity index (χ0v) is 21.4. The first-order valence-electron chi connectivity index (χ1n) is 12.0. The number of carboxylic acid groups (broad SMARTS) is 1. The van der Waals surface area contributed by atoms with Gasteiger partial charge in [-0.25, -0.2) is 22.8 Å². The van der Waals surface area contributed by atoms with Gasteiger partial charge in [-0.05, 0) is 61.4 Å². The number of carboxylic acids is 1. The molecule has 3 aromatic rings. The number of anilines is 2. The van der Waals surface area contributed by atoms with Gasteiger partial charge in [0.05, 0.1) is 10.6 Å². The van der Waals surface area contributed by atoms with Crippen molar-refractivity contribution in [2.75, 3.05) is 29.9 Å². The number of rotatable bonds is 10. The van der Waals surface area contributed by atoms with Crippen LogP contribution in [0.2, 0.25) is 0 Å². The van der Waals surface area contributed by atoms with Crippen molar-refractivity contribution in [2.45, 2.75) is 29.8 Å². The number of halogens is 1. The minimum atomic E-state index is -4.25. The number of aliphatic carboxylic acids is 1. The highest BCUT2D eigenvalue weighted by Gasteiger charge is 2.27. The number of aromatic nitrogens is 2. The quantitative estimate of drug-likeness (QED) is 0.246. The molecule has 1 fully saturated rings. The Labute approximate surface area is 224 Å². The van der Waals surface area contributed by atoms with E-state index in [0.717, 1.165) is 43.2 Å². The third-order valence-corrected chi connectivity index (χ3v) is 7.64. The van der Waals surface area contributed by atoms with Gasteiger partial charge in [0.15, 0.2) is 0 Å². The number of phenols is 1. The molecule has 0 bridgehead atoms. The molecule has 0 aliphatic carbocycles.